The summed E-state index contributed by atoms with van der Waals surface area (Å²) in [5.74, 6) is 1.31. The van der Waals surface area contributed by atoms with Crippen LogP contribution in [0.5, 0.6) is 0 Å². The van der Waals surface area contributed by atoms with Gasteiger partial charge in [-0.3, -0.25) is 0 Å². The van der Waals surface area contributed by atoms with Crippen LogP contribution in [0, 0.1) is 5.82 Å². The Labute approximate surface area is 122 Å². The fraction of sp³-hybridized carbons (Fsp3) is 0.200. The van der Waals surface area contributed by atoms with Crippen LogP contribution in [0.15, 0.2) is 42.5 Å². The Kier molecular flexibility index (Phi) is 5.25. The molecule has 1 nitrogen and oxygen atoms in total. The van der Waals surface area contributed by atoms with Crippen molar-refractivity contribution in [3.63, 3.8) is 0 Å². The molecule has 0 amide bonds. The van der Waals surface area contributed by atoms with E-state index in [0.717, 1.165) is 10.8 Å². The van der Waals surface area contributed by atoms with Gasteiger partial charge in [0.25, 0.3) is 0 Å². The molecule has 0 aromatic heterocycles. The molecule has 0 aliphatic heterocycles. The number of nitrogens with two attached hydrogens (primary N) is 1. The van der Waals surface area contributed by atoms with Gasteiger partial charge >= 0.3 is 0 Å². The summed E-state index contributed by atoms with van der Waals surface area (Å²) in [4.78, 5) is 0. The first-order valence-corrected chi connectivity index (χ1v) is 7.52. The van der Waals surface area contributed by atoms with Crippen molar-refractivity contribution < 1.29 is 4.39 Å². The number of hydrogen-bond donors (Lipinski definition) is 1. The van der Waals surface area contributed by atoms with Crippen molar-refractivity contribution in [3.8, 4) is 0 Å². The molecule has 0 radical (unpaired) electrons. The number of thioether (sulfide) groups is 1. The van der Waals surface area contributed by atoms with Gasteiger partial charge in [0.2, 0.25) is 0 Å². The Morgan fingerprint density at radius 1 is 1.00 bits per heavy atom. The predicted octanol–water partition coefficient (Wildman–Crippen LogP) is 4.37. The summed E-state index contributed by atoms with van der Waals surface area (Å²) in [5.41, 5.74) is 7.96. The van der Waals surface area contributed by atoms with Gasteiger partial charge in [-0.2, -0.15) is 11.8 Å². The average molecular weight is 296 g/mol. The lowest BCUT2D eigenvalue weighted by Gasteiger charge is -2.07. The third-order valence-corrected chi connectivity index (χ3v) is 4.12. The van der Waals surface area contributed by atoms with Crippen LogP contribution < -0.4 is 5.73 Å². The average Bonchev–Trinajstić information content (AvgIpc) is 2.43. The molecule has 0 heterocycles. The molecular formula is C15H15ClFNS. The lowest BCUT2D eigenvalue weighted by molar-refractivity contribution is 0.600. The first-order chi connectivity index (χ1) is 9.20. The Balaban J connectivity index is 1.94. The van der Waals surface area contributed by atoms with Crippen LogP contribution in [0.2, 0.25) is 5.02 Å². The molecule has 0 bridgehead atoms. The van der Waals surface area contributed by atoms with E-state index in [1.54, 1.807) is 17.8 Å². The SMILES string of the molecule is NCc1cccc(CSCc2ccc(Cl)cc2)c1F. The molecular weight excluding hydrogens is 281 g/mol. The topological polar surface area (TPSA) is 26.0 Å². The van der Waals surface area contributed by atoms with E-state index in [-0.39, 0.29) is 12.4 Å². The van der Waals surface area contributed by atoms with Crippen LogP contribution >= 0.6 is 23.4 Å². The van der Waals surface area contributed by atoms with Crippen LogP contribution in [0.25, 0.3) is 0 Å². The highest BCUT2D eigenvalue weighted by molar-refractivity contribution is 7.97. The highest BCUT2D eigenvalue weighted by Crippen LogP contribution is 2.22. The van der Waals surface area contributed by atoms with Crippen LogP contribution in [0.4, 0.5) is 4.39 Å². The summed E-state index contributed by atoms with van der Waals surface area (Å²) >= 11 is 7.50. The molecule has 19 heavy (non-hydrogen) atoms. The van der Waals surface area contributed by atoms with Crippen molar-refractivity contribution in [1.29, 1.82) is 0 Å². The van der Waals surface area contributed by atoms with E-state index in [2.05, 4.69) is 0 Å². The molecule has 2 aromatic carbocycles. The van der Waals surface area contributed by atoms with Crippen molar-refractivity contribution in [2.24, 2.45) is 5.73 Å². The van der Waals surface area contributed by atoms with Crippen molar-refractivity contribution in [2.45, 2.75) is 18.1 Å². The predicted molar refractivity (Wildman–Crippen MR) is 80.7 cm³/mol. The Bertz CT molecular complexity index is 542. The second-order valence-electron chi connectivity index (χ2n) is 4.21. The van der Waals surface area contributed by atoms with Gasteiger partial charge in [0, 0.05) is 28.6 Å². The zero-order valence-corrected chi connectivity index (χ0v) is 12.0. The minimum absolute atomic E-state index is 0.173. The highest BCUT2D eigenvalue weighted by atomic mass is 35.5. The molecule has 0 saturated carbocycles. The Morgan fingerprint density at radius 2 is 1.68 bits per heavy atom. The second kappa shape index (κ2) is 6.94. The lowest BCUT2D eigenvalue weighted by atomic mass is 10.1. The maximum atomic E-state index is 13.9. The van der Waals surface area contributed by atoms with Gasteiger partial charge in [-0.05, 0) is 23.3 Å². The normalized spacial score (nSPS) is 10.7. The van der Waals surface area contributed by atoms with Gasteiger partial charge in [-0.25, -0.2) is 4.39 Å². The fourth-order valence-electron chi connectivity index (χ4n) is 1.76. The standard InChI is InChI=1S/C15H15ClFNS/c16-14-6-4-11(5-7-14)9-19-10-13-3-1-2-12(8-18)15(13)17/h1-7H,8-10,18H2. The van der Waals surface area contributed by atoms with Crippen molar-refractivity contribution in [1.82, 2.24) is 0 Å². The third kappa shape index (κ3) is 3.96. The number of halogens is 2. The summed E-state index contributed by atoms with van der Waals surface area (Å²) in [7, 11) is 0. The van der Waals surface area contributed by atoms with Gasteiger partial charge in [0.15, 0.2) is 0 Å². The maximum Gasteiger partial charge on any atom is 0.131 e. The summed E-state index contributed by atoms with van der Waals surface area (Å²) in [5, 5.41) is 0.732. The minimum Gasteiger partial charge on any atom is -0.326 e. The first-order valence-electron chi connectivity index (χ1n) is 5.99. The molecule has 0 atom stereocenters. The van der Waals surface area contributed by atoms with Crippen molar-refractivity contribution in [3.05, 3.63) is 70.0 Å². The van der Waals surface area contributed by atoms with Crippen LogP contribution in [0.3, 0.4) is 0 Å². The molecule has 2 N–H and O–H groups in total. The van der Waals surface area contributed by atoms with Crippen LogP contribution in [0.1, 0.15) is 16.7 Å². The fourth-order valence-corrected chi connectivity index (χ4v) is 2.86. The molecule has 100 valence electrons. The summed E-state index contributed by atoms with van der Waals surface area (Å²) in [6.07, 6.45) is 0. The van der Waals surface area contributed by atoms with Crippen molar-refractivity contribution >= 4 is 23.4 Å². The van der Waals surface area contributed by atoms with Crippen molar-refractivity contribution in [2.75, 3.05) is 0 Å². The van der Waals surface area contributed by atoms with Gasteiger partial charge < -0.3 is 5.73 Å². The van der Waals surface area contributed by atoms with E-state index in [4.69, 9.17) is 17.3 Å². The molecule has 4 heteroatoms. The van der Waals surface area contributed by atoms with Gasteiger partial charge in [-0.1, -0.05) is 41.9 Å². The minimum atomic E-state index is -0.173. The van der Waals surface area contributed by atoms with Gasteiger partial charge in [-0.15, -0.1) is 0 Å². The van der Waals surface area contributed by atoms with Crippen LogP contribution in [-0.4, -0.2) is 0 Å². The van der Waals surface area contributed by atoms with Gasteiger partial charge in [0.1, 0.15) is 5.82 Å². The number of hydrogen-bond acceptors (Lipinski definition) is 2. The van der Waals surface area contributed by atoms with E-state index in [1.807, 2.05) is 36.4 Å². The van der Waals surface area contributed by atoms with Gasteiger partial charge in [0.05, 0.1) is 0 Å². The smallest absolute Gasteiger partial charge is 0.131 e. The van der Waals surface area contributed by atoms with E-state index >= 15 is 0 Å². The molecule has 0 aliphatic rings. The first kappa shape index (κ1) is 14.4. The van der Waals surface area contributed by atoms with E-state index in [0.29, 0.717) is 16.9 Å². The molecule has 0 unspecified atom stereocenters. The van der Waals surface area contributed by atoms with Crippen LogP contribution in [-0.2, 0) is 18.1 Å². The van der Waals surface area contributed by atoms with E-state index < -0.39 is 0 Å². The number of rotatable bonds is 5. The molecule has 0 fully saturated rings. The highest BCUT2D eigenvalue weighted by Gasteiger charge is 2.06. The summed E-state index contributed by atoms with van der Waals surface area (Å²) in [6.45, 7) is 0.238. The zero-order chi connectivity index (χ0) is 13.7. The molecule has 2 rings (SSSR count). The quantitative estimate of drug-likeness (QED) is 0.886. The summed E-state index contributed by atoms with van der Waals surface area (Å²) < 4.78 is 13.9. The lowest BCUT2D eigenvalue weighted by Crippen LogP contribution is -2.02. The Morgan fingerprint density at radius 3 is 2.37 bits per heavy atom. The van der Waals surface area contributed by atoms with E-state index in [1.165, 1.54) is 5.56 Å². The zero-order valence-electron chi connectivity index (χ0n) is 10.4. The third-order valence-electron chi connectivity index (χ3n) is 2.82. The Hall–Kier alpha value is -1.03. The molecule has 0 saturated heterocycles. The molecule has 2 aromatic rings. The number of benzene rings is 2. The maximum absolute atomic E-state index is 13.9. The molecule has 0 aliphatic carbocycles. The molecule has 0 spiro atoms. The monoisotopic (exact) mass is 295 g/mol. The second-order valence-corrected chi connectivity index (χ2v) is 5.64. The summed E-state index contributed by atoms with van der Waals surface area (Å²) in [6, 6.07) is 13.1. The van der Waals surface area contributed by atoms with E-state index in [9.17, 15) is 4.39 Å². The largest absolute Gasteiger partial charge is 0.326 e.